The fourth-order valence-corrected chi connectivity index (χ4v) is 4.93. The summed E-state index contributed by atoms with van der Waals surface area (Å²) in [6.07, 6.45) is 7.19. The molecule has 4 N–H and O–H groups in total. The Kier molecular flexibility index (Phi) is 5.84. The van der Waals surface area contributed by atoms with E-state index in [0.29, 0.717) is 17.0 Å². The second-order valence-electron chi connectivity index (χ2n) is 8.79. The highest BCUT2D eigenvalue weighted by Gasteiger charge is 2.31. The van der Waals surface area contributed by atoms with E-state index in [4.69, 9.17) is 16.6 Å². The predicted octanol–water partition coefficient (Wildman–Crippen LogP) is 3.27. The van der Waals surface area contributed by atoms with Crippen molar-refractivity contribution in [3.05, 3.63) is 41.7 Å². The molecule has 0 radical (unpaired) electrons. The van der Waals surface area contributed by atoms with Crippen molar-refractivity contribution in [1.82, 2.24) is 25.2 Å². The molecule has 2 aromatic heterocycles. The number of piperidine rings is 1. The molecule has 164 valence electrons. The van der Waals surface area contributed by atoms with Crippen LogP contribution in [0.3, 0.4) is 0 Å². The Morgan fingerprint density at radius 1 is 1.26 bits per heavy atom. The molecule has 1 atom stereocenters. The maximum absolute atomic E-state index is 10.7. The van der Waals surface area contributed by atoms with Crippen molar-refractivity contribution in [3.8, 4) is 11.3 Å². The highest BCUT2D eigenvalue weighted by molar-refractivity contribution is 6.33. The third kappa shape index (κ3) is 4.55. The van der Waals surface area contributed by atoms with E-state index in [1.165, 1.54) is 0 Å². The van der Waals surface area contributed by atoms with Gasteiger partial charge in [0.2, 0.25) is 5.95 Å². The molecule has 4 heterocycles. The van der Waals surface area contributed by atoms with Crippen molar-refractivity contribution in [2.24, 2.45) is 0 Å². The Labute approximate surface area is 187 Å². The molecule has 0 saturated carbocycles. The number of halogens is 1. The lowest BCUT2D eigenvalue weighted by Crippen LogP contribution is -2.44. The van der Waals surface area contributed by atoms with Crippen molar-refractivity contribution in [2.75, 3.05) is 38.0 Å². The summed E-state index contributed by atoms with van der Waals surface area (Å²) in [7, 11) is 0. The first kappa shape index (κ1) is 20.7. The molecule has 5 rings (SSSR count). The summed E-state index contributed by atoms with van der Waals surface area (Å²) in [5.41, 5.74) is 2.27. The first-order chi connectivity index (χ1) is 15.1. The molecule has 0 aliphatic carbocycles. The van der Waals surface area contributed by atoms with Crippen molar-refractivity contribution >= 4 is 28.5 Å². The molecule has 7 nitrogen and oxygen atoms in total. The number of likely N-dealkylation sites (tertiary alicyclic amines) is 1. The first-order valence-corrected chi connectivity index (χ1v) is 11.5. The fraction of sp³-hybridized carbons (Fsp3) is 0.478. The second-order valence-corrected chi connectivity index (χ2v) is 9.20. The standard InChI is InChI=1S/C23H29ClN6O/c24-19-14-27-22(29-21(19)18-13-26-20-4-2-1-3-17(18)20)28-16-5-11-30(15-16)12-8-23(31)6-9-25-10-7-23/h1-4,13-14,16,25-26,31H,5-12,15H2,(H,27,28,29)/t16-/m1/s1. The highest BCUT2D eigenvalue weighted by atomic mass is 35.5. The average molecular weight is 441 g/mol. The number of rotatable bonds is 6. The Balaban J connectivity index is 1.23. The largest absolute Gasteiger partial charge is 0.390 e. The van der Waals surface area contributed by atoms with E-state index in [0.717, 1.165) is 80.6 Å². The zero-order valence-electron chi connectivity index (χ0n) is 17.6. The summed E-state index contributed by atoms with van der Waals surface area (Å²) in [4.78, 5) is 14.9. The summed E-state index contributed by atoms with van der Waals surface area (Å²) in [5.74, 6) is 0.605. The molecule has 2 saturated heterocycles. The normalized spacial score (nSPS) is 21.5. The molecular weight excluding hydrogens is 412 g/mol. The van der Waals surface area contributed by atoms with Gasteiger partial charge < -0.3 is 25.6 Å². The molecule has 2 aliphatic heterocycles. The molecule has 0 amide bonds. The van der Waals surface area contributed by atoms with Gasteiger partial charge in [0.1, 0.15) is 0 Å². The number of aromatic amines is 1. The van der Waals surface area contributed by atoms with Crippen LogP contribution in [0.4, 0.5) is 5.95 Å². The van der Waals surface area contributed by atoms with Gasteiger partial charge in [0, 0.05) is 48.3 Å². The minimum Gasteiger partial charge on any atom is -0.390 e. The SMILES string of the molecule is OC1(CCN2CC[C@@H](Nc3ncc(Cl)c(-c4c[nH]c5ccccc45)n3)C2)CCNCC1. The lowest BCUT2D eigenvalue weighted by molar-refractivity contribution is -0.00412. The van der Waals surface area contributed by atoms with Gasteiger partial charge in [-0.05, 0) is 44.8 Å². The van der Waals surface area contributed by atoms with Crippen molar-refractivity contribution < 1.29 is 5.11 Å². The Morgan fingerprint density at radius 3 is 2.97 bits per heavy atom. The van der Waals surface area contributed by atoms with Gasteiger partial charge in [-0.1, -0.05) is 29.8 Å². The van der Waals surface area contributed by atoms with Crippen LogP contribution < -0.4 is 10.6 Å². The zero-order chi connectivity index (χ0) is 21.3. The van der Waals surface area contributed by atoms with E-state index in [2.05, 4.69) is 31.6 Å². The van der Waals surface area contributed by atoms with Crippen LogP contribution in [-0.4, -0.2) is 69.3 Å². The number of para-hydroxylation sites is 1. The van der Waals surface area contributed by atoms with E-state index in [9.17, 15) is 5.11 Å². The average Bonchev–Trinajstić information content (AvgIpc) is 3.41. The maximum Gasteiger partial charge on any atom is 0.223 e. The smallest absolute Gasteiger partial charge is 0.223 e. The monoisotopic (exact) mass is 440 g/mol. The summed E-state index contributed by atoms with van der Waals surface area (Å²) >= 11 is 6.45. The van der Waals surface area contributed by atoms with Crippen LogP contribution in [0.15, 0.2) is 36.7 Å². The number of nitrogens with one attached hydrogen (secondary N) is 3. The first-order valence-electron chi connectivity index (χ1n) is 11.1. The van der Waals surface area contributed by atoms with Gasteiger partial charge in [-0.15, -0.1) is 0 Å². The number of fused-ring (bicyclic) bond motifs is 1. The summed E-state index contributed by atoms with van der Waals surface area (Å²) in [5, 5.41) is 19.2. The van der Waals surface area contributed by atoms with Crippen molar-refractivity contribution in [2.45, 2.75) is 37.3 Å². The molecule has 2 fully saturated rings. The molecule has 31 heavy (non-hydrogen) atoms. The van der Waals surface area contributed by atoms with E-state index >= 15 is 0 Å². The number of anilines is 1. The van der Waals surface area contributed by atoms with Crippen LogP contribution in [0.25, 0.3) is 22.2 Å². The van der Waals surface area contributed by atoms with Gasteiger partial charge in [-0.3, -0.25) is 0 Å². The van der Waals surface area contributed by atoms with Crippen LogP contribution >= 0.6 is 11.6 Å². The Morgan fingerprint density at radius 2 is 2.10 bits per heavy atom. The van der Waals surface area contributed by atoms with E-state index < -0.39 is 5.60 Å². The molecule has 1 aromatic carbocycles. The van der Waals surface area contributed by atoms with Gasteiger partial charge in [0.15, 0.2) is 0 Å². The Bertz CT molecular complexity index is 1050. The maximum atomic E-state index is 10.7. The Hall–Kier alpha value is -2.19. The number of hydrogen-bond acceptors (Lipinski definition) is 6. The van der Waals surface area contributed by atoms with E-state index in [1.807, 2.05) is 24.4 Å². The number of nitrogens with zero attached hydrogens (tertiary/aromatic N) is 3. The molecule has 2 aliphatic rings. The van der Waals surface area contributed by atoms with Gasteiger partial charge >= 0.3 is 0 Å². The van der Waals surface area contributed by atoms with Gasteiger partial charge in [0.05, 0.1) is 22.5 Å². The number of aromatic nitrogens is 3. The van der Waals surface area contributed by atoms with Crippen LogP contribution in [0.5, 0.6) is 0 Å². The molecule has 0 spiro atoms. The number of H-pyrrole nitrogens is 1. The quantitative estimate of drug-likeness (QED) is 0.470. The second kappa shape index (κ2) is 8.74. The molecule has 3 aromatic rings. The number of benzene rings is 1. The third-order valence-corrected chi connectivity index (χ3v) is 6.90. The lowest BCUT2D eigenvalue weighted by atomic mass is 9.89. The molecule has 8 heteroatoms. The van der Waals surface area contributed by atoms with Gasteiger partial charge in [-0.2, -0.15) is 0 Å². The summed E-state index contributed by atoms with van der Waals surface area (Å²) < 4.78 is 0. The molecule has 0 bridgehead atoms. The minimum absolute atomic E-state index is 0.291. The highest BCUT2D eigenvalue weighted by Crippen LogP contribution is 2.32. The predicted molar refractivity (Wildman–Crippen MR) is 124 cm³/mol. The van der Waals surface area contributed by atoms with Gasteiger partial charge in [-0.25, -0.2) is 9.97 Å². The lowest BCUT2D eigenvalue weighted by Gasteiger charge is -2.34. The molecule has 0 unspecified atom stereocenters. The summed E-state index contributed by atoms with van der Waals surface area (Å²) in [6.45, 7) is 4.70. The van der Waals surface area contributed by atoms with Crippen LogP contribution in [-0.2, 0) is 0 Å². The van der Waals surface area contributed by atoms with E-state index in [-0.39, 0.29) is 0 Å². The van der Waals surface area contributed by atoms with Gasteiger partial charge in [0.25, 0.3) is 0 Å². The third-order valence-electron chi connectivity index (χ3n) is 6.62. The van der Waals surface area contributed by atoms with Crippen molar-refractivity contribution in [1.29, 1.82) is 0 Å². The molecular formula is C23H29ClN6O. The van der Waals surface area contributed by atoms with Crippen LogP contribution in [0.2, 0.25) is 5.02 Å². The topological polar surface area (TPSA) is 89.1 Å². The number of hydrogen-bond donors (Lipinski definition) is 4. The zero-order valence-corrected chi connectivity index (χ0v) is 18.3. The van der Waals surface area contributed by atoms with Crippen LogP contribution in [0.1, 0.15) is 25.7 Å². The minimum atomic E-state index is -0.510. The summed E-state index contributed by atoms with van der Waals surface area (Å²) in [6, 6.07) is 8.42. The van der Waals surface area contributed by atoms with E-state index in [1.54, 1.807) is 6.20 Å². The fourth-order valence-electron chi connectivity index (χ4n) is 4.74. The number of aliphatic hydroxyl groups is 1. The van der Waals surface area contributed by atoms with Crippen LogP contribution in [0, 0.1) is 0 Å². The van der Waals surface area contributed by atoms with Crippen molar-refractivity contribution in [3.63, 3.8) is 0 Å².